The number of halogens is 1. The molecule has 1 unspecified atom stereocenters. The van der Waals surface area contributed by atoms with Crippen LogP contribution in [0.15, 0.2) is 51.9 Å². The maximum Gasteiger partial charge on any atom is 0.293 e. The third-order valence-corrected chi connectivity index (χ3v) is 3.60. The number of aromatic nitrogens is 1. The van der Waals surface area contributed by atoms with Gasteiger partial charge in [-0.2, -0.15) is 0 Å². The molecule has 2 rings (SSSR count). The van der Waals surface area contributed by atoms with E-state index in [9.17, 15) is 9.59 Å². The lowest BCUT2D eigenvalue weighted by molar-refractivity contribution is -0.118. The molecule has 0 saturated carbocycles. The fraction of sp³-hybridized carbons (Fsp3) is 0.200. The van der Waals surface area contributed by atoms with Gasteiger partial charge in [-0.3, -0.25) is 9.59 Å². The van der Waals surface area contributed by atoms with E-state index in [1.807, 2.05) is 12.1 Å². The summed E-state index contributed by atoms with van der Waals surface area (Å²) in [5, 5.41) is 2.77. The van der Waals surface area contributed by atoms with Crippen LogP contribution in [-0.2, 0) is 4.79 Å². The lowest BCUT2D eigenvalue weighted by Gasteiger charge is -2.15. The van der Waals surface area contributed by atoms with Gasteiger partial charge in [-0.15, -0.1) is 0 Å². The van der Waals surface area contributed by atoms with Crippen LogP contribution in [0.5, 0.6) is 5.75 Å². The number of amides is 1. The standard InChI is InChI=1S/C15H15BrN2O3/c1-10(18-9-3-4-13(21-2)15(18)20)14(19)17-12-7-5-11(16)6-8-12/h3-10H,1-2H3,(H,17,19). The number of nitrogens with one attached hydrogen (secondary N) is 1. The number of carbonyl (C=O) groups excluding carboxylic acids is 1. The zero-order chi connectivity index (χ0) is 15.4. The Labute approximate surface area is 130 Å². The molecule has 0 bridgehead atoms. The molecule has 1 N–H and O–H groups in total. The Morgan fingerprint density at radius 2 is 1.95 bits per heavy atom. The van der Waals surface area contributed by atoms with Crippen LogP contribution in [0.4, 0.5) is 5.69 Å². The highest BCUT2D eigenvalue weighted by molar-refractivity contribution is 9.10. The molecule has 0 aliphatic carbocycles. The van der Waals surface area contributed by atoms with E-state index in [1.54, 1.807) is 37.4 Å². The van der Waals surface area contributed by atoms with E-state index in [2.05, 4.69) is 21.2 Å². The molecule has 1 aromatic heterocycles. The molecule has 0 aliphatic heterocycles. The molecular formula is C15H15BrN2O3. The number of anilines is 1. The van der Waals surface area contributed by atoms with Crippen LogP contribution in [0.3, 0.4) is 0 Å². The molecule has 1 amide bonds. The number of pyridine rings is 1. The fourth-order valence-electron chi connectivity index (χ4n) is 1.86. The van der Waals surface area contributed by atoms with Crippen molar-refractivity contribution in [2.75, 3.05) is 12.4 Å². The highest BCUT2D eigenvalue weighted by Crippen LogP contribution is 2.16. The monoisotopic (exact) mass is 350 g/mol. The molecule has 5 nitrogen and oxygen atoms in total. The lowest BCUT2D eigenvalue weighted by atomic mass is 10.2. The second-order valence-electron chi connectivity index (χ2n) is 4.46. The summed E-state index contributed by atoms with van der Waals surface area (Å²) in [5.74, 6) is -0.0616. The molecule has 1 heterocycles. The molecule has 110 valence electrons. The summed E-state index contributed by atoms with van der Waals surface area (Å²) in [6.07, 6.45) is 1.57. The summed E-state index contributed by atoms with van der Waals surface area (Å²) in [7, 11) is 1.42. The van der Waals surface area contributed by atoms with E-state index in [0.29, 0.717) is 5.69 Å². The van der Waals surface area contributed by atoms with Gasteiger partial charge in [-0.1, -0.05) is 15.9 Å². The number of nitrogens with zero attached hydrogens (tertiary/aromatic N) is 1. The van der Waals surface area contributed by atoms with Gasteiger partial charge in [-0.25, -0.2) is 0 Å². The summed E-state index contributed by atoms with van der Waals surface area (Å²) < 4.78 is 7.25. The number of hydrogen-bond donors (Lipinski definition) is 1. The average Bonchev–Trinajstić information content (AvgIpc) is 2.49. The first-order chi connectivity index (χ1) is 10.0. The molecule has 6 heteroatoms. The van der Waals surface area contributed by atoms with E-state index in [-0.39, 0.29) is 17.2 Å². The SMILES string of the molecule is COc1cccn(C(C)C(=O)Nc2ccc(Br)cc2)c1=O. The molecule has 0 spiro atoms. The van der Waals surface area contributed by atoms with Crippen molar-refractivity contribution in [1.82, 2.24) is 4.57 Å². The molecule has 1 atom stereocenters. The van der Waals surface area contributed by atoms with Crippen molar-refractivity contribution in [3.05, 3.63) is 57.4 Å². The lowest BCUT2D eigenvalue weighted by Crippen LogP contribution is -2.31. The second kappa shape index (κ2) is 6.58. The number of ether oxygens (including phenoxy) is 1. The molecule has 0 aliphatic rings. The Hall–Kier alpha value is -2.08. The van der Waals surface area contributed by atoms with Crippen LogP contribution in [0.25, 0.3) is 0 Å². The Kier molecular flexibility index (Phi) is 4.80. The van der Waals surface area contributed by atoms with Crippen LogP contribution in [0.1, 0.15) is 13.0 Å². The minimum absolute atomic E-state index is 0.209. The fourth-order valence-corrected chi connectivity index (χ4v) is 2.12. The van der Waals surface area contributed by atoms with Crippen LogP contribution in [-0.4, -0.2) is 17.6 Å². The summed E-state index contributed by atoms with van der Waals surface area (Å²) in [4.78, 5) is 24.3. The van der Waals surface area contributed by atoms with Crippen molar-refractivity contribution in [1.29, 1.82) is 0 Å². The summed E-state index contributed by atoms with van der Waals surface area (Å²) >= 11 is 3.33. The van der Waals surface area contributed by atoms with E-state index < -0.39 is 6.04 Å². The van der Waals surface area contributed by atoms with E-state index in [4.69, 9.17) is 4.74 Å². The van der Waals surface area contributed by atoms with Gasteiger partial charge in [0.25, 0.3) is 5.56 Å². The van der Waals surface area contributed by atoms with Gasteiger partial charge >= 0.3 is 0 Å². The van der Waals surface area contributed by atoms with Gasteiger partial charge in [0, 0.05) is 16.4 Å². The average molecular weight is 351 g/mol. The van der Waals surface area contributed by atoms with Gasteiger partial charge in [0.15, 0.2) is 5.75 Å². The predicted octanol–water partition coefficient (Wildman–Crippen LogP) is 2.82. The van der Waals surface area contributed by atoms with Gasteiger partial charge < -0.3 is 14.6 Å². The first kappa shape index (κ1) is 15.3. The maximum atomic E-state index is 12.2. The molecular weight excluding hydrogens is 336 g/mol. The molecule has 1 aromatic carbocycles. The van der Waals surface area contributed by atoms with Gasteiger partial charge in [-0.05, 0) is 43.3 Å². The third kappa shape index (κ3) is 3.52. The first-order valence-electron chi connectivity index (χ1n) is 6.34. The van der Waals surface area contributed by atoms with Gasteiger partial charge in [0.1, 0.15) is 6.04 Å². The quantitative estimate of drug-likeness (QED) is 0.922. The minimum Gasteiger partial charge on any atom is -0.491 e. The maximum absolute atomic E-state index is 12.2. The normalized spacial score (nSPS) is 11.8. The summed E-state index contributed by atoms with van der Waals surface area (Å²) in [6, 6.07) is 9.82. The third-order valence-electron chi connectivity index (χ3n) is 3.07. The van der Waals surface area contributed by atoms with E-state index >= 15 is 0 Å². The van der Waals surface area contributed by atoms with Crippen molar-refractivity contribution in [3.63, 3.8) is 0 Å². The van der Waals surface area contributed by atoms with Crippen LogP contribution in [0, 0.1) is 0 Å². The Balaban J connectivity index is 2.20. The predicted molar refractivity (Wildman–Crippen MR) is 84.7 cm³/mol. The summed E-state index contributed by atoms with van der Waals surface area (Å²) in [6.45, 7) is 1.66. The van der Waals surface area contributed by atoms with Crippen molar-refractivity contribution >= 4 is 27.5 Å². The van der Waals surface area contributed by atoms with Gasteiger partial charge in [0.2, 0.25) is 5.91 Å². The summed E-state index contributed by atoms with van der Waals surface area (Å²) in [5.41, 5.74) is 0.337. The van der Waals surface area contributed by atoms with Crippen molar-refractivity contribution in [2.24, 2.45) is 0 Å². The number of rotatable bonds is 4. The Morgan fingerprint density at radius 3 is 2.57 bits per heavy atom. The van der Waals surface area contributed by atoms with Crippen molar-refractivity contribution in [2.45, 2.75) is 13.0 Å². The molecule has 0 saturated heterocycles. The highest BCUT2D eigenvalue weighted by atomic mass is 79.9. The number of carbonyl (C=O) groups is 1. The first-order valence-corrected chi connectivity index (χ1v) is 7.14. The van der Waals surface area contributed by atoms with E-state index in [0.717, 1.165) is 4.47 Å². The minimum atomic E-state index is -0.642. The largest absolute Gasteiger partial charge is 0.491 e. The topological polar surface area (TPSA) is 60.3 Å². The van der Waals surface area contributed by atoms with E-state index in [1.165, 1.54) is 11.7 Å². The molecule has 21 heavy (non-hydrogen) atoms. The van der Waals surface area contributed by atoms with Crippen molar-refractivity contribution in [3.8, 4) is 5.75 Å². The van der Waals surface area contributed by atoms with Gasteiger partial charge in [0.05, 0.1) is 7.11 Å². The zero-order valence-electron chi connectivity index (χ0n) is 11.7. The Morgan fingerprint density at radius 1 is 1.29 bits per heavy atom. The number of benzene rings is 1. The molecule has 2 aromatic rings. The molecule has 0 radical (unpaired) electrons. The van der Waals surface area contributed by atoms with Crippen LogP contribution >= 0.6 is 15.9 Å². The van der Waals surface area contributed by atoms with Crippen LogP contribution in [0.2, 0.25) is 0 Å². The smallest absolute Gasteiger partial charge is 0.293 e. The van der Waals surface area contributed by atoms with Crippen LogP contribution < -0.4 is 15.6 Å². The second-order valence-corrected chi connectivity index (χ2v) is 5.38. The highest BCUT2D eigenvalue weighted by Gasteiger charge is 2.17. The number of methoxy groups -OCH3 is 1. The van der Waals surface area contributed by atoms with Crippen molar-refractivity contribution < 1.29 is 9.53 Å². The number of hydrogen-bond acceptors (Lipinski definition) is 3. The Bertz CT molecular complexity index is 695. The zero-order valence-corrected chi connectivity index (χ0v) is 13.3. The molecule has 0 fully saturated rings.